The zero-order valence-electron chi connectivity index (χ0n) is 31.6. The van der Waals surface area contributed by atoms with Gasteiger partial charge in [-0.15, -0.1) is 23.5 Å². The minimum Gasteiger partial charge on any atom is -0.462 e. The molecule has 0 heterocycles. The molecule has 0 fully saturated rings. The molecule has 0 atom stereocenters. The van der Waals surface area contributed by atoms with Crippen LogP contribution in [-0.4, -0.2) is 108 Å². The maximum Gasteiger partial charge on any atom is 0.460 e. The molecule has 32 heteroatoms. The third kappa shape index (κ3) is 11.2. The maximum atomic E-state index is 14.0. The number of carbonyl (C=O) groups is 2. The van der Waals surface area contributed by atoms with Crippen molar-refractivity contribution < 1.29 is 133 Å². The molecule has 0 unspecified atom stereocenters. The minimum absolute atomic E-state index is 0.00177. The van der Waals surface area contributed by atoms with Gasteiger partial charge >= 0.3 is 83.5 Å². The average Bonchev–Trinajstić information content (AvgIpc) is 3.17. The first-order valence-electron chi connectivity index (χ1n) is 17.1. The second kappa shape index (κ2) is 19.7. The molecule has 2 aromatic carbocycles. The van der Waals surface area contributed by atoms with Crippen LogP contribution in [0.25, 0.3) is 0 Å². The Morgan fingerprint density at radius 2 is 0.606 bits per heavy atom. The van der Waals surface area contributed by atoms with Gasteiger partial charge in [-0.25, -0.2) is 9.59 Å². The highest BCUT2D eigenvalue weighted by molar-refractivity contribution is 7.99. The van der Waals surface area contributed by atoms with Crippen LogP contribution in [0.5, 0.6) is 0 Å². The second-order valence-corrected chi connectivity index (χ2v) is 15.6. The van der Waals surface area contributed by atoms with Gasteiger partial charge in [0.2, 0.25) is 0 Å². The van der Waals surface area contributed by atoms with Crippen LogP contribution < -0.4 is 0 Å². The van der Waals surface area contributed by atoms with E-state index in [1.54, 1.807) is 0 Å². The van der Waals surface area contributed by atoms with Gasteiger partial charge in [0.25, 0.3) is 0 Å². The lowest BCUT2D eigenvalue weighted by atomic mass is 9.93. The highest BCUT2D eigenvalue weighted by Gasteiger charge is 2.92. The Labute approximate surface area is 360 Å². The molecule has 378 valence electrons. The van der Waals surface area contributed by atoms with E-state index in [2.05, 4.69) is 0 Å². The standard InChI is InChI=1S/C34H24F26O4S2/c35-23(36,25(39,40)27(43,44)29(47,48)31(51,52)33(55,56)57)11-15-65-19-7-3-17(4-8-19)21(61)63-13-1-2-14-64-22(62)18-5-9-20(10-6-18)66-16-12-24(37,38)26(41,42)28(45,46)30(49,50)32(53,54)34(58,59)60/h3-10H,1-2,11-16H2. The Bertz CT molecular complexity index is 1810. The van der Waals surface area contributed by atoms with E-state index in [1.165, 1.54) is 0 Å². The van der Waals surface area contributed by atoms with E-state index in [0.29, 0.717) is 0 Å². The van der Waals surface area contributed by atoms with E-state index in [9.17, 15) is 124 Å². The van der Waals surface area contributed by atoms with Crippen molar-refractivity contribution in [1.29, 1.82) is 0 Å². The van der Waals surface area contributed by atoms with Crippen molar-refractivity contribution in [1.82, 2.24) is 0 Å². The molecule has 0 radical (unpaired) electrons. The fourth-order valence-electron chi connectivity index (χ4n) is 4.59. The number of benzene rings is 2. The topological polar surface area (TPSA) is 52.6 Å². The Hall–Kier alpha value is -3.74. The first kappa shape index (κ1) is 58.4. The zero-order chi connectivity index (χ0) is 51.6. The molecular weight excluding hydrogens is 1030 g/mol. The lowest BCUT2D eigenvalue weighted by Crippen LogP contribution is -2.70. The van der Waals surface area contributed by atoms with Gasteiger partial charge in [0.1, 0.15) is 0 Å². The second-order valence-electron chi connectivity index (χ2n) is 13.2. The zero-order valence-corrected chi connectivity index (χ0v) is 33.2. The van der Waals surface area contributed by atoms with E-state index in [0.717, 1.165) is 48.5 Å². The Morgan fingerprint density at radius 1 is 0.364 bits per heavy atom. The number of rotatable bonds is 23. The molecule has 0 bridgehead atoms. The van der Waals surface area contributed by atoms with Crippen molar-refractivity contribution >= 4 is 35.5 Å². The van der Waals surface area contributed by atoms with Gasteiger partial charge in [-0.2, -0.15) is 114 Å². The number of thioether (sulfide) groups is 2. The quantitative estimate of drug-likeness (QED) is 0.0478. The smallest absolute Gasteiger partial charge is 0.460 e. The number of halogens is 26. The number of hydrogen-bond acceptors (Lipinski definition) is 6. The normalized spacial score (nSPS) is 14.6. The van der Waals surface area contributed by atoms with Crippen LogP contribution in [0.4, 0.5) is 114 Å². The van der Waals surface area contributed by atoms with Gasteiger partial charge in [0, 0.05) is 34.1 Å². The molecule has 4 nitrogen and oxygen atoms in total. The van der Waals surface area contributed by atoms with Gasteiger partial charge in [-0.1, -0.05) is 0 Å². The van der Waals surface area contributed by atoms with Crippen LogP contribution >= 0.6 is 23.5 Å². The van der Waals surface area contributed by atoms with Crippen molar-refractivity contribution in [2.24, 2.45) is 0 Å². The van der Waals surface area contributed by atoms with Crippen molar-refractivity contribution in [3.63, 3.8) is 0 Å². The molecule has 0 aliphatic heterocycles. The Morgan fingerprint density at radius 3 is 0.848 bits per heavy atom. The molecule has 0 N–H and O–H groups in total. The largest absolute Gasteiger partial charge is 0.462 e. The number of esters is 2. The van der Waals surface area contributed by atoms with E-state index in [1.807, 2.05) is 0 Å². The fourth-order valence-corrected chi connectivity index (χ4v) is 6.43. The summed E-state index contributed by atoms with van der Waals surface area (Å²) in [4.78, 5) is 24.1. The summed E-state index contributed by atoms with van der Waals surface area (Å²) in [5, 5.41) is 0. The van der Waals surface area contributed by atoms with Crippen LogP contribution in [0.3, 0.4) is 0 Å². The number of alkyl halides is 26. The number of unbranched alkanes of at least 4 members (excludes halogenated alkanes) is 1. The number of hydrogen-bond donors (Lipinski definition) is 0. The first-order chi connectivity index (χ1) is 29.4. The minimum atomic E-state index is -8.03. The molecular formula is C34H24F26O4S2. The molecule has 0 saturated carbocycles. The van der Waals surface area contributed by atoms with E-state index in [4.69, 9.17) is 9.47 Å². The fraction of sp³-hybridized carbons (Fsp3) is 0.588. The highest BCUT2D eigenvalue weighted by atomic mass is 32.2. The van der Waals surface area contributed by atoms with Gasteiger partial charge < -0.3 is 9.47 Å². The van der Waals surface area contributed by atoms with Crippen LogP contribution in [0.1, 0.15) is 46.4 Å². The van der Waals surface area contributed by atoms with Crippen molar-refractivity contribution in [2.75, 3.05) is 24.7 Å². The summed E-state index contributed by atoms with van der Waals surface area (Å²) in [6.45, 7) is -0.711. The molecule has 0 spiro atoms. The van der Waals surface area contributed by atoms with Crippen molar-refractivity contribution in [3.05, 3.63) is 59.7 Å². The van der Waals surface area contributed by atoms with Crippen LogP contribution in [0.15, 0.2) is 58.3 Å². The molecule has 66 heavy (non-hydrogen) atoms. The van der Waals surface area contributed by atoms with E-state index < -0.39 is 108 Å². The van der Waals surface area contributed by atoms with E-state index >= 15 is 0 Å². The van der Waals surface area contributed by atoms with Gasteiger partial charge in [0.15, 0.2) is 0 Å². The molecule has 2 aromatic rings. The predicted octanol–water partition coefficient (Wildman–Crippen LogP) is 13.9. The van der Waals surface area contributed by atoms with Crippen molar-refractivity contribution in [3.8, 4) is 0 Å². The summed E-state index contributed by atoms with van der Waals surface area (Å²) >= 11 is 0.295. The molecule has 2 rings (SSSR count). The summed E-state index contributed by atoms with van der Waals surface area (Å²) in [7, 11) is 0. The Kier molecular flexibility index (Phi) is 17.4. The lowest BCUT2D eigenvalue weighted by molar-refractivity contribution is -0.439. The summed E-state index contributed by atoms with van der Waals surface area (Å²) in [5.74, 6) is -79.8. The predicted molar refractivity (Wildman–Crippen MR) is 175 cm³/mol. The summed E-state index contributed by atoms with van der Waals surface area (Å²) < 4.78 is 355. The number of carbonyl (C=O) groups excluding carboxylic acids is 2. The maximum absolute atomic E-state index is 14.0. The number of ether oxygens (including phenoxy) is 2. The summed E-state index contributed by atoms with van der Waals surface area (Å²) in [5.41, 5.74) is -0.497. The molecule has 0 aliphatic rings. The van der Waals surface area contributed by atoms with Crippen molar-refractivity contribution in [2.45, 2.75) is 107 Å². The molecule has 0 saturated heterocycles. The van der Waals surface area contributed by atoms with Crippen LogP contribution in [0.2, 0.25) is 0 Å². The summed E-state index contributed by atoms with van der Waals surface area (Å²) in [6, 6.07) is 7.61. The molecule has 0 aliphatic carbocycles. The third-order valence-corrected chi connectivity index (χ3v) is 10.6. The van der Waals surface area contributed by atoms with Crippen LogP contribution in [-0.2, 0) is 9.47 Å². The molecule has 0 amide bonds. The summed E-state index contributed by atoms with van der Waals surface area (Å²) in [6.07, 6.45) is -20.0. The average molecular weight is 1050 g/mol. The SMILES string of the molecule is O=C(OCCCCOC(=O)c1ccc(SCCC(F)(F)C(F)(F)C(F)(F)C(F)(F)C(F)(F)C(F)(F)F)cc1)c1ccc(SCCC(F)(F)C(F)(F)C(F)(F)C(F)(F)C(F)(F)C(F)(F)F)cc1. The van der Waals surface area contributed by atoms with Crippen LogP contribution in [0, 0.1) is 0 Å². The highest BCUT2D eigenvalue weighted by Crippen LogP contribution is 2.62. The monoisotopic (exact) mass is 1050 g/mol. The third-order valence-electron chi connectivity index (χ3n) is 8.55. The van der Waals surface area contributed by atoms with Gasteiger partial charge in [0.05, 0.1) is 24.3 Å². The van der Waals surface area contributed by atoms with E-state index in [-0.39, 0.29) is 70.5 Å². The van der Waals surface area contributed by atoms with Gasteiger partial charge in [-0.05, 0) is 61.4 Å². The molecule has 0 aromatic heterocycles. The lowest BCUT2D eigenvalue weighted by Gasteiger charge is -2.39. The van der Waals surface area contributed by atoms with Gasteiger partial charge in [-0.3, -0.25) is 0 Å². The Balaban J connectivity index is 1.83. The first-order valence-corrected chi connectivity index (χ1v) is 19.1.